The molecule has 0 spiro atoms. The molecule has 1 amide bonds. The first-order chi connectivity index (χ1) is 15.6. The van der Waals surface area contributed by atoms with Gasteiger partial charge < -0.3 is 5.32 Å². The second kappa shape index (κ2) is 10.2. The van der Waals surface area contributed by atoms with Crippen molar-refractivity contribution in [3.8, 4) is 6.07 Å². The number of nitriles is 1. The fraction of sp³-hybridized carbons (Fsp3) is 0.250. The summed E-state index contributed by atoms with van der Waals surface area (Å²) in [5.74, 6) is -0.906. The van der Waals surface area contributed by atoms with Gasteiger partial charge >= 0.3 is 0 Å². The molecule has 2 aromatic carbocycles. The largest absolute Gasteiger partial charge is 0.345 e. The summed E-state index contributed by atoms with van der Waals surface area (Å²) in [5, 5.41) is 11.9. The van der Waals surface area contributed by atoms with Crippen molar-refractivity contribution < 1.29 is 18.0 Å². The third-order valence-corrected chi connectivity index (χ3v) is 7.53. The van der Waals surface area contributed by atoms with Crippen molar-refractivity contribution in [3.63, 3.8) is 0 Å². The second-order valence-corrected chi connectivity index (χ2v) is 10.7. The molecule has 0 radical (unpaired) electrons. The van der Waals surface area contributed by atoms with Crippen molar-refractivity contribution in [2.24, 2.45) is 4.99 Å². The average Bonchev–Trinajstić information content (AvgIpc) is 2.80. The van der Waals surface area contributed by atoms with Crippen LogP contribution in [0, 0.1) is 11.3 Å². The number of ketones is 1. The van der Waals surface area contributed by atoms with Gasteiger partial charge in [-0.1, -0.05) is 40.2 Å². The number of halogens is 1. The lowest BCUT2D eigenvalue weighted by Crippen LogP contribution is -2.37. The molecule has 9 heteroatoms. The highest BCUT2D eigenvalue weighted by atomic mass is 79.9. The van der Waals surface area contributed by atoms with Gasteiger partial charge in [0.25, 0.3) is 5.91 Å². The molecule has 1 aliphatic heterocycles. The van der Waals surface area contributed by atoms with E-state index < -0.39 is 26.6 Å². The summed E-state index contributed by atoms with van der Waals surface area (Å²) in [4.78, 5) is 29.1. The highest BCUT2D eigenvalue weighted by Gasteiger charge is 2.30. The topological polar surface area (TPSA) is 116 Å². The monoisotopic (exact) mass is 527 g/mol. The molecule has 2 unspecified atom stereocenters. The molecule has 1 aliphatic rings. The van der Waals surface area contributed by atoms with E-state index in [0.717, 1.165) is 11.8 Å². The van der Waals surface area contributed by atoms with Gasteiger partial charge in [0.05, 0.1) is 22.6 Å². The van der Waals surface area contributed by atoms with Gasteiger partial charge in [0, 0.05) is 18.2 Å². The van der Waals surface area contributed by atoms with Crippen molar-refractivity contribution in [1.82, 2.24) is 5.32 Å². The van der Waals surface area contributed by atoms with Gasteiger partial charge in [0.1, 0.15) is 10.4 Å². The average molecular weight is 528 g/mol. The maximum atomic E-state index is 12.9. The number of rotatable bonds is 7. The number of sulfone groups is 1. The molecular weight excluding hydrogens is 506 g/mol. The number of amides is 1. The predicted molar refractivity (Wildman–Crippen MR) is 129 cm³/mol. The summed E-state index contributed by atoms with van der Waals surface area (Å²) in [5.41, 5.74) is 2.78. The van der Waals surface area contributed by atoms with E-state index in [9.17, 15) is 18.0 Å². The van der Waals surface area contributed by atoms with E-state index >= 15 is 0 Å². The summed E-state index contributed by atoms with van der Waals surface area (Å²) in [7, 11) is -3.35. The lowest BCUT2D eigenvalue weighted by atomic mass is 9.97. The van der Waals surface area contributed by atoms with Crippen molar-refractivity contribution in [2.45, 2.75) is 35.5 Å². The zero-order valence-corrected chi connectivity index (χ0v) is 20.5. The standard InChI is InChI=1S/C24H22BrN3O4S/c1-15-22(25)23(29)20(14-27-15)24(30)28-21(12-7-16-3-5-17(13-26)6-4-16)18-8-10-19(11-9-18)33(2,31)32/h3-6,8-11,14,21-22H,7,12H2,1-2H3,(H,28,30). The molecule has 170 valence electrons. The lowest BCUT2D eigenvalue weighted by Gasteiger charge is -2.22. The minimum absolute atomic E-state index is 0.0430. The van der Waals surface area contributed by atoms with Gasteiger partial charge in [-0.15, -0.1) is 0 Å². The molecular formula is C24H22BrN3O4S. The molecule has 33 heavy (non-hydrogen) atoms. The molecule has 1 N–H and O–H groups in total. The summed E-state index contributed by atoms with van der Waals surface area (Å²) in [6.45, 7) is 1.70. The van der Waals surface area contributed by atoms with Gasteiger partial charge in [0.2, 0.25) is 0 Å². The Kier molecular flexibility index (Phi) is 7.61. The second-order valence-electron chi connectivity index (χ2n) is 7.75. The van der Waals surface area contributed by atoms with E-state index in [2.05, 4.69) is 32.3 Å². The Labute approximate surface area is 201 Å². The number of nitrogens with one attached hydrogen (secondary N) is 1. The molecule has 7 nitrogen and oxygen atoms in total. The lowest BCUT2D eigenvalue weighted by molar-refractivity contribution is -0.122. The van der Waals surface area contributed by atoms with E-state index in [-0.39, 0.29) is 16.3 Å². The van der Waals surface area contributed by atoms with Crippen LogP contribution < -0.4 is 5.32 Å². The minimum Gasteiger partial charge on any atom is -0.345 e. The van der Waals surface area contributed by atoms with Crippen LogP contribution in [0.15, 0.2) is 70.2 Å². The summed E-state index contributed by atoms with van der Waals surface area (Å²) < 4.78 is 23.6. The van der Waals surface area contributed by atoms with Crippen molar-refractivity contribution in [3.05, 3.63) is 77.0 Å². The normalized spacial score (nSPS) is 16.9. The Balaban J connectivity index is 1.85. The Morgan fingerprint density at radius 2 is 1.82 bits per heavy atom. The van der Waals surface area contributed by atoms with E-state index in [1.807, 2.05) is 12.1 Å². The molecule has 0 saturated heterocycles. The van der Waals surface area contributed by atoms with Crippen LogP contribution in [0.4, 0.5) is 0 Å². The number of benzene rings is 2. The van der Waals surface area contributed by atoms with Gasteiger partial charge in [-0.3, -0.25) is 14.6 Å². The van der Waals surface area contributed by atoms with Crippen LogP contribution in [0.1, 0.15) is 36.1 Å². The van der Waals surface area contributed by atoms with Crippen LogP contribution in [-0.2, 0) is 25.8 Å². The molecule has 0 aromatic heterocycles. The van der Waals surface area contributed by atoms with Crippen molar-refractivity contribution >= 4 is 43.2 Å². The summed E-state index contributed by atoms with van der Waals surface area (Å²) in [6.07, 6.45) is 3.49. The van der Waals surface area contributed by atoms with Gasteiger partial charge in [0.15, 0.2) is 15.6 Å². The predicted octanol–water partition coefficient (Wildman–Crippen LogP) is 3.44. The zero-order chi connectivity index (χ0) is 24.2. The Morgan fingerprint density at radius 1 is 1.18 bits per heavy atom. The molecule has 1 heterocycles. The number of hydrogen-bond donors (Lipinski definition) is 1. The molecule has 2 aromatic rings. The molecule has 0 fully saturated rings. The SMILES string of the molecule is CC1=NC=C(C(=O)NC(CCc2ccc(C#N)cc2)c2ccc(S(C)(=O)=O)cc2)C(=O)C1Br. The maximum Gasteiger partial charge on any atom is 0.257 e. The molecule has 0 bridgehead atoms. The van der Waals surface area contributed by atoms with Gasteiger partial charge in [-0.25, -0.2) is 8.42 Å². The highest BCUT2D eigenvalue weighted by molar-refractivity contribution is 9.10. The number of aryl methyl sites for hydroxylation is 1. The van der Waals surface area contributed by atoms with Gasteiger partial charge in [-0.05, 0) is 55.2 Å². The number of carbonyl (C=O) groups is 2. The Bertz CT molecular complexity index is 1270. The molecule has 2 atom stereocenters. The van der Waals surface area contributed by atoms with E-state index in [4.69, 9.17) is 5.26 Å². The van der Waals surface area contributed by atoms with Crippen LogP contribution >= 0.6 is 15.9 Å². The van der Waals surface area contributed by atoms with Crippen molar-refractivity contribution in [1.29, 1.82) is 5.26 Å². The van der Waals surface area contributed by atoms with E-state index in [1.54, 1.807) is 31.2 Å². The van der Waals surface area contributed by atoms with Crippen LogP contribution in [0.25, 0.3) is 0 Å². The number of aliphatic imine (C=N–C) groups is 1. The fourth-order valence-corrected chi connectivity index (χ4v) is 4.35. The Morgan fingerprint density at radius 3 is 2.39 bits per heavy atom. The van der Waals surface area contributed by atoms with E-state index in [1.165, 1.54) is 18.3 Å². The molecule has 3 rings (SSSR count). The first-order valence-electron chi connectivity index (χ1n) is 10.1. The number of carbonyl (C=O) groups excluding carboxylic acids is 2. The maximum absolute atomic E-state index is 12.9. The number of Topliss-reactive ketones (excluding diaryl/α,β-unsaturated/α-hetero) is 1. The summed E-state index contributed by atoms with van der Waals surface area (Å²) in [6, 6.07) is 15.1. The van der Waals surface area contributed by atoms with Crippen molar-refractivity contribution in [2.75, 3.05) is 6.26 Å². The number of nitrogens with zero attached hydrogens (tertiary/aromatic N) is 2. The zero-order valence-electron chi connectivity index (χ0n) is 18.1. The quantitative estimate of drug-likeness (QED) is 0.437. The Hall–Kier alpha value is -3.09. The first-order valence-corrected chi connectivity index (χ1v) is 12.9. The number of alkyl halides is 1. The van der Waals surface area contributed by atoms with Crippen LogP contribution in [0.2, 0.25) is 0 Å². The minimum atomic E-state index is -3.35. The summed E-state index contributed by atoms with van der Waals surface area (Å²) >= 11 is 3.26. The third-order valence-electron chi connectivity index (χ3n) is 5.33. The van der Waals surface area contributed by atoms with Crippen LogP contribution in [-0.4, -0.2) is 36.9 Å². The highest BCUT2D eigenvalue weighted by Crippen LogP contribution is 2.24. The number of hydrogen-bond acceptors (Lipinski definition) is 6. The fourth-order valence-electron chi connectivity index (χ4n) is 3.35. The van der Waals surface area contributed by atoms with E-state index in [0.29, 0.717) is 29.7 Å². The molecule has 0 saturated carbocycles. The third kappa shape index (κ3) is 6.03. The molecule has 0 aliphatic carbocycles. The first kappa shape index (κ1) is 24.6. The van der Waals surface area contributed by atoms with Crippen LogP contribution in [0.5, 0.6) is 0 Å². The van der Waals surface area contributed by atoms with Crippen LogP contribution in [0.3, 0.4) is 0 Å². The van der Waals surface area contributed by atoms with Gasteiger partial charge in [-0.2, -0.15) is 5.26 Å². The smallest absolute Gasteiger partial charge is 0.257 e.